The molecule has 1 unspecified atom stereocenters. The molecule has 0 radical (unpaired) electrons. The molecular weight excluding hydrogens is 226 g/mol. The maximum atomic E-state index is 6.22. The molecule has 1 N–H and O–H groups in total. The number of hydrogen-bond donors (Lipinski definition) is 1. The van der Waals surface area contributed by atoms with Crippen LogP contribution in [0.2, 0.25) is 0 Å². The van der Waals surface area contributed by atoms with E-state index in [0.29, 0.717) is 0 Å². The van der Waals surface area contributed by atoms with Crippen molar-refractivity contribution in [2.45, 2.75) is 57.1 Å². The van der Waals surface area contributed by atoms with Crippen molar-refractivity contribution in [2.24, 2.45) is 0 Å². The van der Waals surface area contributed by atoms with E-state index in [-0.39, 0.29) is 11.6 Å². The van der Waals surface area contributed by atoms with Crippen LogP contribution in [0.15, 0.2) is 23.0 Å². The lowest BCUT2D eigenvalue weighted by atomic mass is 9.83. The number of likely N-dealkylation sites (N-methyl/N-ethyl adjacent to an activating group) is 1. The van der Waals surface area contributed by atoms with Gasteiger partial charge in [0.25, 0.3) is 0 Å². The largest absolute Gasteiger partial charge is 0.472 e. The molecule has 18 heavy (non-hydrogen) atoms. The SMILES string of the molecule is CCOC1(C(NC)c2ccoc2)CCCCCC1. The Morgan fingerprint density at radius 1 is 1.33 bits per heavy atom. The molecule has 1 aliphatic rings. The van der Waals surface area contributed by atoms with Crippen molar-refractivity contribution < 1.29 is 9.15 Å². The lowest BCUT2D eigenvalue weighted by Crippen LogP contribution is -2.44. The molecule has 1 heterocycles. The van der Waals surface area contributed by atoms with Gasteiger partial charge in [0.2, 0.25) is 0 Å². The van der Waals surface area contributed by atoms with Gasteiger partial charge in [-0.05, 0) is 32.9 Å². The molecule has 0 spiro atoms. The smallest absolute Gasteiger partial charge is 0.0951 e. The van der Waals surface area contributed by atoms with Crippen molar-refractivity contribution in [3.63, 3.8) is 0 Å². The van der Waals surface area contributed by atoms with Crippen LogP contribution in [0.5, 0.6) is 0 Å². The van der Waals surface area contributed by atoms with Crippen molar-refractivity contribution in [3.8, 4) is 0 Å². The summed E-state index contributed by atoms with van der Waals surface area (Å²) >= 11 is 0. The molecule has 0 saturated heterocycles. The van der Waals surface area contributed by atoms with Crippen LogP contribution >= 0.6 is 0 Å². The number of nitrogens with one attached hydrogen (secondary N) is 1. The third-order valence-corrected chi connectivity index (χ3v) is 4.07. The van der Waals surface area contributed by atoms with Crippen molar-refractivity contribution >= 4 is 0 Å². The summed E-state index contributed by atoms with van der Waals surface area (Å²) < 4.78 is 11.5. The lowest BCUT2D eigenvalue weighted by molar-refractivity contribution is -0.0767. The third-order valence-electron chi connectivity index (χ3n) is 4.07. The van der Waals surface area contributed by atoms with Crippen molar-refractivity contribution in [3.05, 3.63) is 24.2 Å². The first-order chi connectivity index (χ1) is 8.82. The molecule has 2 rings (SSSR count). The van der Waals surface area contributed by atoms with E-state index in [0.717, 1.165) is 19.4 Å². The number of ether oxygens (including phenoxy) is 1. The standard InChI is InChI=1S/C15H25NO2/c1-3-18-15(9-6-4-5-7-10-15)14(16-2)13-8-11-17-12-13/h8,11-12,14,16H,3-7,9-10H2,1-2H3. The monoisotopic (exact) mass is 251 g/mol. The Morgan fingerprint density at radius 3 is 2.56 bits per heavy atom. The average Bonchev–Trinajstić information content (AvgIpc) is 2.78. The van der Waals surface area contributed by atoms with Crippen LogP contribution in [0.25, 0.3) is 0 Å². The van der Waals surface area contributed by atoms with E-state index in [4.69, 9.17) is 9.15 Å². The molecule has 1 aliphatic carbocycles. The van der Waals surface area contributed by atoms with Gasteiger partial charge in [-0.25, -0.2) is 0 Å². The van der Waals surface area contributed by atoms with Gasteiger partial charge >= 0.3 is 0 Å². The molecule has 3 heteroatoms. The number of furan rings is 1. The number of rotatable bonds is 5. The Labute approximate surface area is 110 Å². The van der Waals surface area contributed by atoms with E-state index in [2.05, 4.69) is 12.2 Å². The normalized spacial score (nSPS) is 21.4. The van der Waals surface area contributed by atoms with Crippen LogP contribution in [0.4, 0.5) is 0 Å². The Kier molecular flexibility index (Phi) is 4.84. The summed E-state index contributed by atoms with van der Waals surface area (Å²) in [5, 5.41) is 3.44. The van der Waals surface area contributed by atoms with Crippen LogP contribution in [-0.4, -0.2) is 19.3 Å². The van der Waals surface area contributed by atoms with Gasteiger partial charge in [0.05, 0.1) is 24.2 Å². The summed E-state index contributed by atoms with van der Waals surface area (Å²) in [5.74, 6) is 0. The maximum absolute atomic E-state index is 6.22. The van der Waals surface area contributed by atoms with Crippen molar-refractivity contribution in [2.75, 3.05) is 13.7 Å². The van der Waals surface area contributed by atoms with E-state index in [1.165, 1.54) is 31.2 Å². The highest BCUT2D eigenvalue weighted by Crippen LogP contribution is 2.40. The van der Waals surface area contributed by atoms with Gasteiger partial charge in [-0.1, -0.05) is 25.7 Å². The molecule has 1 fully saturated rings. The summed E-state index contributed by atoms with van der Waals surface area (Å²) in [6, 6.07) is 2.28. The average molecular weight is 251 g/mol. The molecule has 1 aromatic rings. The predicted molar refractivity (Wildman–Crippen MR) is 72.6 cm³/mol. The zero-order chi connectivity index (χ0) is 12.8. The fourth-order valence-electron chi connectivity index (χ4n) is 3.30. The third kappa shape index (κ3) is 2.78. The van der Waals surface area contributed by atoms with E-state index in [9.17, 15) is 0 Å². The van der Waals surface area contributed by atoms with Gasteiger partial charge in [-0.3, -0.25) is 0 Å². The molecule has 0 aromatic carbocycles. The van der Waals surface area contributed by atoms with E-state index < -0.39 is 0 Å². The van der Waals surface area contributed by atoms with Crippen LogP contribution in [0.1, 0.15) is 57.1 Å². The van der Waals surface area contributed by atoms with E-state index in [1.807, 2.05) is 19.4 Å². The van der Waals surface area contributed by atoms with Gasteiger partial charge < -0.3 is 14.5 Å². The molecule has 1 aromatic heterocycles. The van der Waals surface area contributed by atoms with Crippen LogP contribution < -0.4 is 5.32 Å². The van der Waals surface area contributed by atoms with Crippen molar-refractivity contribution in [1.29, 1.82) is 0 Å². The number of hydrogen-bond acceptors (Lipinski definition) is 3. The highest BCUT2D eigenvalue weighted by Gasteiger charge is 2.40. The summed E-state index contributed by atoms with van der Waals surface area (Å²) in [7, 11) is 2.02. The topological polar surface area (TPSA) is 34.4 Å². The van der Waals surface area contributed by atoms with Gasteiger partial charge in [-0.15, -0.1) is 0 Å². The minimum absolute atomic E-state index is 0.0656. The van der Waals surface area contributed by atoms with Gasteiger partial charge in [0.15, 0.2) is 0 Å². The first-order valence-corrected chi connectivity index (χ1v) is 7.16. The Balaban J connectivity index is 2.25. The maximum Gasteiger partial charge on any atom is 0.0951 e. The highest BCUT2D eigenvalue weighted by atomic mass is 16.5. The molecule has 102 valence electrons. The molecule has 1 saturated carbocycles. The lowest BCUT2D eigenvalue weighted by Gasteiger charge is -2.39. The van der Waals surface area contributed by atoms with Crippen molar-refractivity contribution in [1.82, 2.24) is 5.32 Å². The molecule has 0 amide bonds. The second kappa shape index (κ2) is 6.39. The zero-order valence-electron chi connectivity index (χ0n) is 11.6. The second-order valence-corrected chi connectivity index (χ2v) is 5.19. The molecule has 1 atom stereocenters. The molecule has 3 nitrogen and oxygen atoms in total. The quantitative estimate of drug-likeness (QED) is 0.811. The fraction of sp³-hybridized carbons (Fsp3) is 0.733. The predicted octanol–water partition coefficient (Wildman–Crippen LogP) is 3.67. The van der Waals surface area contributed by atoms with Crippen LogP contribution in [0.3, 0.4) is 0 Å². The van der Waals surface area contributed by atoms with E-state index in [1.54, 1.807) is 6.26 Å². The fourth-order valence-corrected chi connectivity index (χ4v) is 3.30. The van der Waals surface area contributed by atoms with Gasteiger partial charge in [0, 0.05) is 12.2 Å². The molecule has 0 bridgehead atoms. The summed E-state index contributed by atoms with van der Waals surface area (Å²) in [6.07, 6.45) is 11.0. The zero-order valence-corrected chi connectivity index (χ0v) is 11.6. The summed E-state index contributed by atoms with van der Waals surface area (Å²) in [6.45, 7) is 2.87. The van der Waals surface area contributed by atoms with Gasteiger partial charge in [-0.2, -0.15) is 0 Å². The van der Waals surface area contributed by atoms with Crippen LogP contribution in [-0.2, 0) is 4.74 Å². The highest BCUT2D eigenvalue weighted by molar-refractivity contribution is 5.17. The van der Waals surface area contributed by atoms with E-state index >= 15 is 0 Å². The summed E-state index contributed by atoms with van der Waals surface area (Å²) in [5.41, 5.74) is 1.14. The molecule has 0 aliphatic heterocycles. The van der Waals surface area contributed by atoms with Gasteiger partial charge in [0.1, 0.15) is 0 Å². The summed E-state index contributed by atoms with van der Waals surface area (Å²) in [4.78, 5) is 0. The Bertz CT molecular complexity index is 326. The second-order valence-electron chi connectivity index (χ2n) is 5.19. The minimum atomic E-state index is -0.0656. The Hall–Kier alpha value is -0.800. The minimum Gasteiger partial charge on any atom is -0.472 e. The first-order valence-electron chi connectivity index (χ1n) is 7.16. The molecular formula is C15H25NO2. The Morgan fingerprint density at radius 2 is 2.06 bits per heavy atom. The first kappa shape index (κ1) is 13.6. The van der Waals surface area contributed by atoms with Crippen LogP contribution in [0, 0.1) is 0 Å².